The fraction of sp³-hybridized carbons (Fsp3) is 0.350. The lowest BCUT2D eigenvalue weighted by Gasteiger charge is -2.09. The van der Waals surface area contributed by atoms with Gasteiger partial charge in [0.2, 0.25) is 10.0 Å². The zero-order chi connectivity index (χ0) is 20.0. The summed E-state index contributed by atoms with van der Waals surface area (Å²) >= 11 is 0. The van der Waals surface area contributed by atoms with Gasteiger partial charge in [-0.2, -0.15) is 0 Å². The van der Waals surface area contributed by atoms with Crippen molar-refractivity contribution < 1.29 is 22.3 Å². The average Bonchev–Trinajstić information content (AvgIpc) is 3.49. The van der Waals surface area contributed by atoms with Crippen LogP contribution in [0.5, 0.6) is 5.75 Å². The molecule has 0 spiro atoms. The van der Waals surface area contributed by atoms with E-state index in [1.165, 1.54) is 24.3 Å². The summed E-state index contributed by atoms with van der Waals surface area (Å²) < 4.78 is 45.4. The molecule has 0 bridgehead atoms. The Bertz CT molecular complexity index is 912. The van der Waals surface area contributed by atoms with Gasteiger partial charge in [0.05, 0.1) is 11.5 Å². The highest BCUT2D eigenvalue weighted by molar-refractivity contribution is 7.89. The standard InChI is InChI=1S/C20H23FN2O4S/c21-16-6-10-18(11-7-16)27-13-2-1-12-22-20(24)15-4-3-5-19(14-15)28(25,26)23-17-8-9-17/h3-7,10-11,14,17,23H,1-2,8-9,12-13H2,(H,22,24). The van der Waals surface area contributed by atoms with Gasteiger partial charge in [-0.15, -0.1) is 0 Å². The first-order valence-electron chi connectivity index (χ1n) is 9.23. The van der Waals surface area contributed by atoms with Crippen LogP contribution in [0.25, 0.3) is 0 Å². The predicted octanol–water partition coefficient (Wildman–Crippen LogP) is 2.86. The van der Waals surface area contributed by atoms with Crippen LogP contribution in [0.3, 0.4) is 0 Å². The van der Waals surface area contributed by atoms with Gasteiger partial charge in [0, 0.05) is 18.2 Å². The third-order valence-electron chi connectivity index (χ3n) is 4.24. The van der Waals surface area contributed by atoms with E-state index in [0.29, 0.717) is 30.9 Å². The van der Waals surface area contributed by atoms with Crippen molar-refractivity contribution in [1.29, 1.82) is 0 Å². The van der Waals surface area contributed by atoms with Gasteiger partial charge in [0.1, 0.15) is 11.6 Å². The first-order valence-corrected chi connectivity index (χ1v) is 10.7. The van der Waals surface area contributed by atoms with Crippen LogP contribution in [-0.4, -0.2) is 33.5 Å². The van der Waals surface area contributed by atoms with E-state index in [2.05, 4.69) is 10.0 Å². The van der Waals surface area contributed by atoms with E-state index in [-0.39, 0.29) is 22.7 Å². The molecule has 0 aromatic heterocycles. The molecule has 0 aliphatic heterocycles. The number of sulfonamides is 1. The van der Waals surface area contributed by atoms with E-state index in [0.717, 1.165) is 19.3 Å². The molecular formula is C20H23FN2O4S. The molecule has 2 N–H and O–H groups in total. The Labute approximate surface area is 164 Å². The van der Waals surface area contributed by atoms with E-state index < -0.39 is 10.0 Å². The van der Waals surface area contributed by atoms with Gasteiger partial charge < -0.3 is 10.1 Å². The number of ether oxygens (including phenoxy) is 1. The Morgan fingerprint density at radius 1 is 1.11 bits per heavy atom. The van der Waals surface area contributed by atoms with Gasteiger partial charge in [0.15, 0.2) is 0 Å². The summed E-state index contributed by atoms with van der Waals surface area (Å²) in [6.07, 6.45) is 3.13. The molecule has 0 saturated heterocycles. The van der Waals surface area contributed by atoms with Crippen molar-refractivity contribution in [3.05, 3.63) is 59.9 Å². The van der Waals surface area contributed by atoms with E-state index in [4.69, 9.17) is 4.74 Å². The third kappa shape index (κ3) is 6.03. The molecule has 1 saturated carbocycles. The fourth-order valence-electron chi connectivity index (χ4n) is 2.55. The van der Waals surface area contributed by atoms with Crippen molar-refractivity contribution in [3.8, 4) is 5.75 Å². The quantitative estimate of drug-likeness (QED) is 0.594. The zero-order valence-corrected chi connectivity index (χ0v) is 16.2. The van der Waals surface area contributed by atoms with Gasteiger partial charge in [-0.1, -0.05) is 6.07 Å². The van der Waals surface area contributed by atoms with Gasteiger partial charge in [0.25, 0.3) is 5.91 Å². The lowest BCUT2D eigenvalue weighted by atomic mass is 10.2. The zero-order valence-electron chi connectivity index (χ0n) is 15.4. The smallest absolute Gasteiger partial charge is 0.251 e. The molecule has 1 amide bonds. The minimum absolute atomic E-state index is 0.0135. The molecule has 2 aromatic carbocycles. The minimum Gasteiger partial charge on any atom is -0.494 e. The van der Waals surface area contributed by atoms with E-state index in [9.17, 15) is 17.6 Å². The molecule has 0 heterocycles. The molecule has 0 unspecified atom stereocenters. The number of halogens is 1. The highest BCUT2D eigenvalue weighted by Crippen LogP contribution is 2.22. The summed E-state index contributed by atoms with van der Waals surface area (Å²) in [5, 5.41) is 2.78. The summed E-state index contributed by atoms with van der Waals surface area (Å²) in [6.45, 7) is 0.908. The fourth-order valence-corrected chi connectivity index (χ4v) is 3.90. The van der Waals surface area contributed by atoms with E-state index in [1.54, 1.807) is 24.3 Å². The number of hydrogen-bond acceptors (Lipinski definition) is 4. The first-order chi connectivity index (χ1) is 13.4. The Morgan fingerprint density at radius 3 is 2.57 bits per heavy atom. The molecule has 8 heteroatoms. The molecule has 0 radical (unpaired) electrons. The second-order valence-electron chi connectivity index (χ2n) is 6.69. The number of carbonyl (C=O) groups is 1. The normalized spacial score (nSPS) is 13.9. The topological polar surface area (TPSA) is 84.5 Å². The van der Waals surface area contributed by atoms with Crippen molar-refractivity contribution in [2.24, 2.45) is 0 Å². The molecule has 1 aliphatic rings. The number of nitrogens with one attached hydrogen (secondary N) is 2. The molecule has 28 heavy (non-hydrogen) atoms. The van der Waals surface area contributed by atoms with Crippen LogP contribution in [0, 0.1) is 5.82 Å². The van der Waals surface area contributed by atoms with Crippen LogP contribution >= 0.6 is 0 Å². The lowest BCUT2D eigenvalue weighted by molar-refractivity contribution is 0.0952. The summed E-state index contributed by atoms with van der Waals surface area (Å²) in [5.41, 5.74) is 0.307. The SMILES string of the molecule is O=C(NCCCCOc1ccc(F)cc1)c1cccc(S(=O)(=O)NC2CC2)c1. The van der Waals surface area contributed by atoms with Crippen molar-refractivity contribution >= 4 is 15.9 Å². The maximum Gasteiger partial charge on any atom is 0.251 e. The summed E-state index contributed by atoms with van der Waals surface area (Å²) in [5.74, 6) is -0.0264. The first kappa shape index (κ1) is 20.3. The molecule has 3 rings (SSSR count). The highest BCUT2D eigenvalue weighted by atomic mass is 32.2. The van der Waals surface area contributed by atoms with Crippen molar-refractivity contribution in [1.82, 2.24) is 10.0 Å². The summed E-state index contributed by atoms with van der Waals surface area (Å²) in [4.78, 5) is 12.3. The average molecular weight is 406 g/mol. The molecule has 0 atom stereocenters. The van der Waals surface area contributed by atoms with Gasteiger partial charge in [-0.25, -0.2) is 17.5 Å². The van der Waals surface area contributed by atoms with E-state index >= 15 is 0 Å². The number of benzene rings is 2. The lowest BCUT2D eigenvalue weighted by Crippen LogP contribution is -2.27. The molecule has 1 aliphatic carbocycles. The Hall–Kier alpha value is -2.45. The maximum atomic E-state index is 12.8. The van der Waals surface area contributed by atoms with Crippen LogP contribution in [0.1, 0.15) is 36.0 Å². The second kappa shape index (κ2) is 9.16. The van der Waals surface area contributed by atoms with Gasteiger partial charge >= 0.3 is 0 Å². The summed E-state index contributed by atoms with van der Waals surface area (Å²) in [6, 6.07) is 11.8. The van der Waals surface area contributed by atoms with Crippen molar-refractivity contribution in [2.45, 2.75) is 36.6 Å². The second-order valence-corrected chi connectivity index (χ2v) is 8.40. The number of hydrogen-bond donors (Lipinski definition) is 2. The highest BCUT2D eigenvalue weighted by Gasteiger charge is 2.28. The van der Waals surface area contributed by atoms with Crippen molar-refractivity contribution in [3.63, 3.8) is 0 Å². The third-order valence-corrected chi connectivity index (χ3v) is 5.76. The largest absolute Gasteiger partial charge is 0.494 e. The Morgan fingerprint density at radius 2 is 1.86 bits per heavy atom. The number of amides is 1. The van der Waals surface area contributed by atoms with Gasteiger partial charge in [-0.05, 0) is 68.1 Å². The van der Waals surface area contributed by atoms with Crippen LogP contribution in [-0.2, 0) is 10.0 Å². The van der Waals surface area contributed by atoms with Crippen LogP contribution in [0.4, 0.5) is 4.39 Å². The summed E-state index contributed by atoms with van der Waals surface area (Å²) in [7, 11) is -3.58. The minimum atomic E-state index is -3.58. The Balaban J connectivity index is 1.41. The molecular weight excluding hydrogens is 383 g/mol. The molecule has 6 nitrogen and oxygen atoms in total. The monoisotopic (exact) mass is 406 g/mol. The predicted molar refractivity (Wildman–Crippen MR) is 103 cm³/mol. The van der Waals surface area contributed by atoms with Crippen molar-refractivity contribution in [2.75, 3.05) is 13.2 Å². The molecule has 2 aromatic rings. The number of rotatable bonds is 10. The molecule has 1 fully saturated rings. The van der Waals surface area contributed by atoms with E-state index in [1.807, 2.05) is 0 Å². The molecule has 150 valence electrons. The Kier molecular flexibility index (Phi) is 6.64. The van der Waals surface area contributed by atoms with Crippen LogP contribution in [0.2, 0.25) is 0 Å². The number of unbranched alkanes of at least 4 members (excludes halogenated alkanes) is 1. The van der Waals surface area contributed by atoms with Crippen LogP contribution in [0.15, 0.2) is 53.4 Å². The van der Waals surface area contributed by atoms with Gasteiger partial charge in [-0.3, -0.25) is 4.79 Å². The number of carbonyl (C=O) groups excluding carboxylic acids is 1. The van der Waals surface area contributed by atoms with Crippen LogP contribution < -0.4 is 14.8 Å². The maximum absolute atomic E-state index is 12.8.